The van der Waals surface area contributed by atoms with Crippen molar-refractivity contribution in [3.8, 4) is 0 Å². The van der Waals surface area contributed by atoms with E-state index in [1.54, 1.807) is 0 Å². The molecule has 22 heavy (non-hydrogen) atoms. The smallest absolute Gasteiger partial charge is 0.318 e. The molecule has 1 aliphatic rings. The first-order valence-corrected chi connectivity index (χ1v) is 5.52. The van der Waals surface area contributed by atoms with Gasteiger partial charge in [0.05, 0.1) is 16.2 Å². The summed E-state index contributed by atoms with van der Waals surface area (Å²) in [5.41, 5.74) is -3.89. The van der Waals surface area contributed by atoms with E-state index in [9.17, 15) is 33.3 Å². The summed E-state index contributed by atoms with van der Waals surface area (Å²) in [4.78, 5) is 47.2. The van der Waals surface area contributed by atoms with Crippen LogP contribution in [0.3, 0.4) is 0 Å². The van der Waals surface area contributed by atoms with Crippen molar-refractivity contribution in [1.82, 2.24) is 0 Å². The maximum Gasteiger partial charge on any atom is 0.340 e. The van der Waals surface area contributed by atoms with E-state index >= 15 is 0 Å². The van der Waals surface area contributed by atoms with Crippen LogP contribution in [0.4, 0.5) is 20.2 Å². The number of Topliss-reactive ketones (excluding diaryl/α,β-unsaturated/α-hetero) is 1. The molecule has 2 rings (SSSR count). The van der Waals surface area contributed by atoms with Gasteiger partial charge in [0.25, 0.3) is 11.7 Å². The van der Waals surface area contributed by atoms with Gasteiger partial charge in [0.15, 0.2) is 5.71 Å². The quantitative estimate of drug-likeness (QED) is 0.370. The minimum absolute atomic E-state index is 0.462. The monoisotopic (exact) mass is 313 g/mol. The van der Waals surface area contributed by atoms with Gasteiger partial charge < -0.3 is 10.2 Å². The molecule has 0 radical (unpaired) electrons. The van der Waals surface area contributed by atoms with Gasteiger partial charge in [-0.1, -0.05) is 5.16 Å². The molecular formula is C11H5F2N3O6. The molecule has 1 aromatic rings. The molecule has 0 atom stereocenters. The van der Waals surface area contributed by atoms with Gasteiger partial charge in [0.1, 0.15) is 0 Å². The number of anilines is 1. The number of carbonyl (C=O) groups is 3. The van der Waals surface area contributed by atoms with E-state index in [1.807, 2.05) is 5.32 Å². The van der Waals surface area contributed by atoms with Gasteiger partial charge in [-0.2, -0.15) is 8.78 Å². The molecule has 1 aliphatic heterocycles. The highest BCUT2D eigenvalue weighted by Crippen LogP contribution is 2.33. The summed E-state index contributed by atoms with van der Waals surface area (Å²) < 4.78 is 27.6. The molecular weight excluding hydrogens is 308 g/mol. The third kappa shape index (κ3) is 2.39. The number of nitro groups is 1. The van der Waals surface area contributed by atoms with Gasteiger partial charge in [0, 0.05) is 13.0 Å². The molecule has 0 bridgehead atoms. The van der Waals surface area contributed by atoms with Gasteiger partial charge in [-0.25, -0.2) is 4.79 Å². The van der Waals surface area contributed by atoms with Crippen molar-refractivity contribution in [3.63, 3.8) is 0 Å². The van der Waals surface area contributed by atoms with E-state index in [0.717, 1.165) is 6.92 Å². The lowest BCUT2D eigenvalue weighted by Crippen LogP contribution is -2.37. The van der Waals surface area contributed by atoms with Crippen LogP contribution in [0.1, 0.15) is 12.5 Å². The summed E-state index contributed by atoms with van der Waals surface area (Å²) in [5, 5.41) is 15.6. The van der Waals surface area contributed by atoms with Crippen LogP contribution in [0.25, 0.3) is 0 Å². The number of amides is 1. The predicted octanol–water partition coefficient (Wildman–Crippen LogP) is 0.661. The summed E-state index contributed by atoms with van der Waals surface area (Å²) >= 11 is 0. The van der Waals surface area contributed by atoms with E-state index < -0.39 is 56.9 Å². The van der Waals surface area contributed by atoms with Crippen molar-refractivity contribution in [2.75, 3.05) is 5.32 Å². The normalized spacial score (nSPS) is 15.3. The van der Waals surface area contributed by atoms with Gasteiger partial charge in [-0.3, -0.25) is 19.7 Å². The fourth-order valence-corrected chi connectivity index (χ4v) is 1.70. The number of nitrogens with zero attached hydrogens (tertiary/aromatic N) is 2. The largest absolute Gasteiger partial charge is 0.340 e. The average molecular weight is 313 g/mol. The molecule has 114 valence electrons. The summed E-state index contributed by atoms with van der Waals surface area (Å²) in [7, 11) is 0. The second-order valence-electron chi connectivity index (χ2n) is 4.01. The molecule has 1 N–H and O–H groups in total. The van der Waals surface area contributed by atoms with Crippen LogP contribution in [-0.2, 0) is 19.2 Å². The lowest BCUT2D eigenvalue weighted by molar-refractivity contribution is -0.390. The number of halogens is 2. The molecule has 1 amide bonds. The van der Waals surface area contributed by atoms with E-state index in [0.29, 0.717) is 6.07 Å². The number of fused-ring (bicyclic) bond motifs is 1. The van der Waals surface area contributed by atoms with Crippen molar-refractivity contribution in [2.24, 2.45) is 5.16 Å². The zero-order valence-corrected chi connectivity index (χ0v) is 10.7. The van der Waals surface area contributed by atoms with Crippen LogP contribution in [0.15, 0.2) is 11.2 Å². The minimum atomic E-state index is -1.72. The van der Waals surface area contributed by atoms with Crippen molar-refractivity contribution in [3.05, 3.63) is 33.4 Å². The first kappa shape index (κ1) is 15.2. The van der Waals surface area contributed by atoms with Crippen LogP contribution >= 0.6 is 0 Å². The first-order chi connectivity index (χ1) is 10.2. The van der Waals surface area contributed by atoms with Crippen LogP contribution in [-0.4, -0.2) is 28.3 Å². The Morgan fingerprint density at radius 1 is 1.41 bits per heavy atom. The molecule has 0 spiro atoms. The lowest BCUT2D eigenvalue weighted by atomic mass is 9.98. The van der Waals surface area contributed by atoms with Gasteiger partial charge in [-0.05, 0) is 0 Å². The van der Waals surface area contributed by atoms with E-state index in [1.165, 1.54) is 0 Å². The number of nitrogens with one attached hydrogen (secondary N) is 1. The second kappa shape index (κ2) is 5.27. The van der Waals surface area contributed by atoms with Gasteiger partial charge in [-0.15, -0.1) is 0 Å². The highest BCUT2D eigenvalue weighted by molar-refractivity contribution is 6.72. The number of rotatable bonds is 2. The lowest BCUT2D eigenvalue weighted by Gasteiger charge is -2.17. The zero-order valence-electron chi connectivity index (χ0n) is 10.7. The van der Waals surface area contributed by atoms with E-state index in [-0.39, 0.29) is 0 Å². The SMILES string of the molecule is CC(=O)ON=C1C(=O)C(=O)Nc2cc(F)c([N+](=O)[O-])c(F)c21. The highest BCUT2D eigenvalue weighted by atomic mass is 19.1. The number of hydrogen-bond acceptors (Lipinski definition) is 7. The van der Waals surface area contributed by atoms with Crippen LogP contribution < -0.4 is 5.32 Å². The number of hydrogen-bond donors (Lipinski definition) is 1. The predicted molar refractivity (Wildman–Crippen MR) is 65.0 cm³/mol. The maximum absolute atomic E-state index is 14.1. The molecule has 0 saturated carbocycles. The number of ketones is 1. The Morgan fingerprint density at radius 3 is 2.59 bits per heavy atom. The Kier molecular flexibility index (Phi) is 3.63. The summed E-state index contributed by atoms with van der Waals surface area (Å²) in [6, 6.07) is 0.462. The van der Waals surface area contributed by atoms with Crippen LogP contribution in [0.2, 0.25) is 0 Å². The summed E-state index contributed by atoms with van der Waals surface area (Å²) in [6.07, 6.45) is 0. The number of oxime groups is 1. The summed E-state index contributed by atoms with van der Waals surface area (Å²) in [6.45, 7) is 0.918. The van der Waals surface area contributed by atoms with Crippen molar-refractivity contribution in [1.29, 1.82) is 0 Å². The van der Waals surface area contributed by atoms with Crippen LogP contribution in [0.5, 0.6) is 0 Å². The Morgan fingerprint density at radius 2 is 2.05 bits per heavy atom. The first-order valence-electron chi connectivity index (χ1n) is 5.52. The van der Waals surface area contributed by atoms with Crippen molar-refractivity contribution >= 4 is 34.7 Å². The Bertz CT molecular complexity index is 774. The average Bonchev–Trinajstić information content (AvgIpc) is 2.39. The van der Waals surface area contributed by atoms with Crippen LogP contribution in [0, 0.1) is 21.7 Å². The third-order valence-electron chi connectivity index (χ3n) is 2.55. The molecule has 0 fully saturated rings. The molecule has 1 heterocycles. The van der Waals surface area contributed by atoms with E-state index in [2.05, 4.69) is 9.99 Å². The molecule has 11 heteroatoms. The summed E-state index contributed by atoms with van der Waals surface area (Å²) in [5.74, 6) is -6.94. The van der Waals surface area contributed by atoms with Gasteiger partial charge >= 0.3 is 11.7 Å². The Labute approximate surface area is 119 Å². The molecule has 1 aromatic carbocycles. The molecule has 0 aliphatic carbocycles. The molecule has 9 nitrogen and oxygen atoms in total. The van der Waals surface area contributed by atoms with E-state index in [4.69, 9.17) is 0 Å². The fraction of sp³-hybridized carbons (Fsp3) is 0.0909. The number of carbonyl (C=O) groups excluding carboxylic acids is 3. The second-order valence-corrected chi connectivity index (χ2v) is 4.01. The maximum atomic E-state index is 14.1. The minimum Gasteiger partial charge on any atom is -0.318 e. The molecule has 0 unspecified atom stereocenters. The standard InChI is InChI=1S/C11H5F2N3O6/c1-3(17)22-15-8-6-5(14-11(19)10(8)18)2-4(12)9(7(6)13)16(20)21/h2H,1H3,(H,14,19). The zero-order chi connectivity index (χ0) is 16.6. The fourth-order valence-electron chi connectivity index (χ4n) is 1.70. The Balaban J connectivity index is 2.76. The Hall–Kier alpha value is -3.24. The number of nitro benzene ring substituents is 1. The molecule has 0 saturated heterocycles. The van der Waals surface area contributed by atoms with Crippen molar-refractivity contribution < 1.29 is 32.9 Å². The number of benzene rings is 1. The topological polar surface area (TPSA) is 128 Å². The molecule has 0 aromatic heterocycles. The highest BCUT2D eigenvalue weighted by Gasteiger charge is 2.39. The third-order valence-corrected chi connectivity index (χ3v) is 2.55. The van der Waals surface area contributed by atoms with Crippen molar-refractivity contribution in [2.45, 2.75) is 6.92 Å². The van der Waals surface area contributed by atoms with Gasteiger partial charge in [0.2, 0.25) is 11.6 Å².